The highest BCUT2D eigenvalue weighted by Gasteiger charge is 2.31. The molecule has 0 aliphatic heterocycles. The van der Waals surface area contributed by atoms with Gasteiger partial charge in [0.25, 0.3) is 0 Å². The van der Waals surface area contributed by atoms with Crippen molar-refractivity contribution in [1.82, 2.24) is 0 Å². The summed E-state index contributed by atoms with van der Waals surface area (Å²) < 4.78 is 0. The van der Waals surface area contributed by atoms with Gasteiger partial charge in [0.15, 0.2) is 0 Å². The Kier molecular flexibility index (Phi) is 6.71. The molecular weight excluding hydrogens is 456 g/mol. The third kappa shape index (κ3) is 4.61. The van der Waals surface area contributed by atoms with Gasteiger partial charge in [0.05, 0.1) is 0 Å². The standard InChI is InChI=1S/C38H44/c1-23(2)17-32-22-28(9-14-33(32)29-10-7-24(3)18-29)21-31-12-16-36(37-20-26(5)27(6)38(31)37)35-15-11-30-19-25(4)8-13-34(30)35/h8-9,11-16,19,22-24,26,29,34H,6-7,10,17-18,20-21H2,1-5H3/t24-,26?,29?,34?/m1/s1. The van der Waals surface area contributed by atoms with Gasteiger partial charge in [0.1, 0.15) is 0 Å². The minimum atomic E-state index is 0.391. The Balaban J connectivity index is 1.34. The number of allylic oxidation sites excluding steroid dienone is 9. The van der Waals surface area contributed by atoms with Crippen molar-refractivity contribution in [1.29, 1.82) is 0 Å². The molecule has 0 radical (unpaired) electrons. The van der Waals surface area contributed by atoms with Gasteiger partial charge in [-0.1, -0.05) is 107 Å². The van der Waals surface area contributed by atoms with Crippen molar-refractivity contribution in [2.45, 2.75) is 79.1 Å². The Morgan fingerprint density at radius 2 is 1.84 bits per heavy atom. The Morgan fingerprint density at radius 1 is 1.00 bits per heavy atom. The normalized spacial score (nSPS) is 25.9. The van der Waals surface area contributed by atoms with Gasteiger partial charge in [-0.2, -0.15) is 0 Å². The van der Waals surface area contributed by atoms with E-state index in [1.807, 2.05) is 0 Å². The molecule has 4 atom stereocenters. The van der Waals surface area contributed by atoms with E-state index in [1.165, 1.54) is 75.8 Å². The molecule has 4 aliphatic carbocycles. The molecule has 6 rings (SSSR count). The van der Waals surface area contributed by atoms with Gasteiger partial charge in [-0.05, 0) is 118 Å². The first kappa shape index (κ1) is 25.4. The Hall–Kier alpha value is -2.86. The maximum absolute atomic E-state index is 4.61. The highest BCUT2D eigenvalue weighted by atomic mass is 14.4. The van der Waals surface area contributed by atoms with Crippen LogP contribution in [0, 0.1) is 23.7 Å². The van der Waals surface area contributed by atoms with Crippen LogP contribution < -0.4 is 0 Å². The van der Waals surface area contributed by atoms with E-state index >= 15 is 0 Å². The van der Waals surface area contributed by atoms with Gasteiger partial charge in [-0.3, -0.25) is 0 Å². The Labute approximate surface area is 231 Å². The quantitative estimate of drug-likeness (QED) is 0.370. The van der Waals surface area contributed by atoms with Gasteiger partial charge < -0.3 is 0 Å². The van der Waals surface area contributed by atoms with Crippen LogP contribution in [0.2, 0.25) is 0 Å². The second kappa shape index (κ2) is 10.0. The lowest BCUT2D eigenvalue weighted by Gasteiger charge is -2.22. The minimum Gasteiger partial charge on any atom is -0.0949 e. The third-order valence-corrected chi connectivity index (χ3v) is 9.60. The van der Waals surface area contributed by atoms with Crippen molar-refractivity contribution >= 4 is 11.1 Å². The van der Waals surface area contributed by atoms with Crippen LogP contribution in [-0.2, 0) is 19.3 Å². The summed E-state index contributed by atoms with van der Waals surface area (Å²) in [6, 6.07) is 12.3. The molecule has 0 N–H and O–H groups in total. The van der Waals surface area contributed by atoms with Crippen LogP contribution >= 0.6 is 0 Å². The molecule has 0 heterocycles. The molecule has 0 nitrogen and oxygen atoms in total. The zero-order chi connectivity index (χ0) is 26.6. The summed E-state index contributed by atoms with van der Waals surface area (Å²) in [4.78, 5) is 0. The van der Waals surface area contributed by atoms with Crippen LogP contribution in [0.1, 0.15) is 98.7 Å². The van der Waals surface area contributed by atoms with E-state index in [2.05, 4.69) is 102 Å². The lowest BCUT2D eigenvalue weighted by atomic mass is 9.82. The first-order valence-electron chi connectivity index (χ1n) is 15.0. The average molecular weight is 501 g/mol. The summed E-state index contributed by atoms with van der Waals surface area (Å²) in [5.74, 6) is 3.19. The summed E-state index contributed by atoms with van der Waals surface area (Å²) >= 11 is 0. The van der Waals surface area contributed by atoms with Crippen LogP contribution in [0.4, 0.5) is 0 Å². The van der Waals surface area contributed by atoms with Crippen molar-refractivity contribution in [2.75, 3.05) is 0 Å². The second-order valence-corrected chi connectivity index (χ2v) is 13.2. The summed E-state index contributed by atoms with van der Waals surface area (Å²) in [5.41, 5.74) is 16.1. The van der Waals surface area contributed by atoms with E-state index in [4.69, 9.17) is 0 Å². The molecule has 196 valence electrons. The van der Waals surface area contributed by atoms with Crippen LogP contribution in [0.5, 0.6) is 0 Å². The number of rotatable bonds is 6. The van der Waals surface area contributed by atoms with E-state index in [9.17, 15) is 0 Å². The van der Waals surface area contributed by atoms with E-state index in [-0.39, 0.29) is 0 Å². The topological polar surface area (TPSA) is 0 Å². The highest BCUT2D eigenvalue weighted by Crippen LogP contribution is 2.47. The first-order valence-corrected chi connectivity index (χ1v) is 15.0. The maximum Gasteiger partial charge on any atom is 0.0278 e. The van der Waals surface area contributed by atoms with Gasteiger partial charge >= 0.3 is 0 Å². The summed E-state index contributed by atoms with van der Waals surface area (Å²) in [6.45, 7) is 16.3. The lowest BCUT2D eigenvalue weighted by molar-refractivity contribution is 0.589. The monoisotopic (exact) mass is 500 g/mol. The molecule has 0 heteroatoms. The van der Waals surface area contributed by atoms with Crippen molar-refractivity contribution in [3.05, 3.63) is 117 Å². The number of fused-ring (bicyclic) bond motifs is 2. The van der Waals surface area contributed by atoms with Gasteiger partial charge in [0.2, 0.25) is 0 Å². The van der Waals surface area contributed by atoms with Crippen LogP contribution in [0.3, 0.4) is 0 Å². The van der Waals surface area contributed by atoms with Gasteiger partial charge in [-0.25, -0.2) is 0 Å². The van der Waals surface area contributed by atoms with Crippen molar-refractivity contribution in [3.8, 4) is 0 Å². The largest absolute Gasteiger partial charge is 0.0949 e. The SMILES string of the molecule is C=C1c2c(Cc3ccc(C4CC[C@@H](C)C4)c(CC(C)C)c3)ccc(C3=CC=C4C=C(C)C=CC43)c2CC1C. The molecule has 0 aromatic heterocycles. The highest BCUT2D eigenvalue weighted by molar-refractivity contribution is 5.86. The zero-order valence-corrected chi connectivity index (χ0v) is 24.1. The Bertz CT molecular complexity index is 1400. The molecule has 3 unspecified atom stereocenters. The predicted molar refractivity (Wildman–Crippen MR) is 164 cm³/mol. The van der Waals surface area contributed by atoms with Crippen LogP contribution in [0.25, 0.3) is 11.1 Å². The van der Waals surface area contributed by atoms with E-state index in [0.29, 0.717) is 17.8 Å². The second-order valence-electron chi connectivity index (χ2n) is 13.2. The Morgan fingerprint density at radius 3 is 2.61 bits per heavy atom. The molecule has 0 bridgehead atoms. The molecule has 4 aliphatic rings. The van der Waals surface area contributed by atoms with Crippen LogP contribution in [-0.4, -0.2) is 0 Å². The number of hydrogen-bond donors (Lipinski definition) is 0. The minimum absolute atomic E-state index is 0.391. The van der Waals surface area contributed by atoms with Crippen molar-refractivity contribution in [2.24, 2.45) is 23.7 Å². The van der Waals surface area contributed by atoms with E-state index in [0.717, 1.165) is 24.7 Å². The first-order chi connectivity index (χ1) is 18.3. The summed E-state index contributed by atoms with van der Waals surface area (Å²) in [7, 11) is 0. The summed E-state index contributed by atoms with van der Waals surface area (Å²) in [5, 5.41) is 0. The molecular formula is C38H44. The fourth-order valence-corrected chi connectivity index (χ4v) is 7.64. The van der Waals surface area contributed by atoms with Gasteiger partial charge in [-0.15, -0.1) is 0 Å². The predicted octanol–water partition coefficient (Wildman–Crippen LogP) is 10.0. The third-order valence-electron chi connectivity index (χ3n) is 9.60. The molecule has 38 heavy (non-hydrogen) atoms. The van der Waals surface area contributed by atoms with Crippen molar-refractivity contribution < 1.29 is 0 Å². The molecule has 0 amide bonds. The number of benzene rings is 2. The molecule has 2 aromatic carbocycles. The van der Waals surface area contributed by atoms with Crippen LogP contribution in [0.15, 0.2) is 78.4 Å². The molecule has 0 spiro atoms. The molecule has 2 aromatic rings. The zero-order valence-electron chi connectivity index (χ0n) is 24.1. The fourth-order valence-electron chi connectivity index (χ4n) is 7.64. The molecule has 1 fully saturated rings. The fraction of sp³-hybridized carbons (Fsp3) is 0.421. The molecule has 1 saturated carbocycles. The molecule has 0 saturated heterocycles. The van der Waals surface area contributed by atoms with E-state index < -0.39 is 0 Å². The number of hydrogen-bond acceptors (Lipinski definition) is 0. The average Bonchev–Trinajstić information content (AvgIpc) is 3.57. The smallest absolute Gasteiger partial charge is 0.0278 e. The summed E-state index contributed by atoms with van der Waals surface area (Å²) in [6.07, 6.45) is 19.1. The van der Waals surface area contributed by atoms with Crippen molar-refractivity contribution in [3.63, 3.8) is 0 Å². The van der Waals surface area contributed by atoms with E-state index in [1.54, 1.807) is 11.1 Å². The lowest BCUT2D eigenvalue weighted by Crippen LogP contribution is -2.07. The maximum atomic E-state index is 4.61. The van der Waals surface area contributed by atoms with Gasteiger partial charge in [0, 0.05) is 5.92 Å².